The van der Waals surface area contributed by atoms with Crippen molar-refractivity contribution in [1.29, 1.82) is 0 Å². The summed E-state index contributed by atoms with van der Waals surface area (Å²) >= 11 is 0. The van der Waals surface area contributed by atoms with Crippen LogP contribution in [0.2, 0.25) is 0 Å². The fraction of sp³-hybridized carbons (Fsp3) is 0.455. The van der Waals surface area contributed by atoms with Gasteiger partial charge in [-0.1, -0.05) is 0 Å². The Kier molecular flexibility index (Phi) is 2.48. The zero-order valence-electron chi connectivity index (χ0n) is 8.39. The van der Waals surface area contributed by atoms with Crippen LogP contribution in [0, 0.1) is 11.6 Å². The van der Waals surface area contributed by atoms with Gasteiger partial charge in [-0.3, -0.25) is 0 Å². The van der Waals surface area contributed by atoms with E-state index in [2.05, 4.69) is 0 Å². The van der Waals surface area contributed by atoms with E-state index in [0.717, 1.165) is 12.1 Å². The highest BCUT2D eigenvalue weighted by Crippen LogP contribution is 2.46. The molecule has 1 fully saturated rings. The van der Waals surface area contributed by atoms with Gasteiger partial charge in [0, 0.05) is 18.2 Å². The van der Waals surface area contributed by atoms with E-state index in [4.69, 9.17) is 4.74 Å². The number of methoxy groups -OCH3 is 1. The Morgan fingerprint density at radius 2 is 2.00 bits per heavy atom. The largest absolute Gasteiger partial charge is 0.385 e. The molecule has 0 saturated heterocycles. The van der Waals surface area contributed by atoms with Gasteiger partial charge in [-0.2, -0.15) is 0 Å². The Morgan fingerprint density at radius 1 is 1.33 bits per heavy atom. The first kappa shape index (κ1) is 10.5. The number of hydrogen-bond donors (Lipinski definition) is 1. The summed E-state index contributed by atoms with van der Waals surface area (Å²) in [5.74, 6) is -1.10. The van der Waals surface area contributed by atoms with Crippen molar-refractivity contribution in [1.82, 2.24) is 0 Å². The summed E-state index contributed by atoms with van der Waals surface area (Å²) in [4.78, 5) is 0. The SMILES string of the molecule is COCc1cc(F)c(C2(O)CC2)cc1F. The molecule has 15 heavy (non-hydrogen) atoms. The van der Waals surface area contributed by atoms with Crippen LogP contribution in [-0.4, -0.2) is 12.2 Å². The number of ether oxygens (including phenoxy) is 1. The zero-order valence-corrected chi connectivity index (χ0v) is 8.39. The molecule has 0 atom stereocenters. The van der Waals surface area contributed by atoms with Crippen molar-refractivity contribution in [3.8, 4) is 0 Å². The molecule has 82 valence electrons. The average Bonchev–Trinajstić information content (AvgIpc) is 2.91. The molecular weight excluding hydrogens is 202 g/mol. The first-order valence-electron chi connectivity index (χ1n) is 4.76. The van der Waals surface area contributed by atoms with Crippen LogP contribution in [0.5, 0.6) is 0 Å². The summed E-state index contributed by atoms with van der Waals surface area (Å²) in [7, 11) is 1.42. The standard InChI is InChI=1S/C11H12F2O2/c1-15-6-7-4-10(13)8(5-9(7)12)11(14)2-3-11/h4-5,14H,2-3,6H2,1H3. The lowest BCUT2D eigenvalue weighted by atomic mass is 10.0. The van der Waals surface area contributed by atoms with Crippen molar-refractivity contribution in [2.24, 2.45) is 0 Å². The summed E-state index contributed by atoms with van der Waals surface area (Å²) in [5.41, 5.74) is -0.917. The van der Waals surface area contributed by atoms with Crippen LogP contribution in [0.25, 0.3) is 0 Å². The highest BCUT2D eigenvalue weighted by Gasteiger charge is 2.44. The van der Waals surface area contributed by atoms with Gasteiger partial charge in [-0.15, -0.1) is 0 Å². The maximum absolute atomic E-state index is 13.5. The van der Waals surface area contributed by atoms with Gasteiger partial charge in [-0.05, 0) is 25.0 Å². The lowest BCUT2D eigenvalue weighted by Crippen LogP contribution is -2.09. The van der Waals surface area contributed by atoms with Gasteiger partial charge >= 0.3 is 0 Å². The predicted molar refractivity (Wildman–Crippen MR) is 50.2 cm³/mol. The van der Waals surface area contributed by atoms with Gasteiger partial charge in [0.05, 0.1) is 12.2 Å². The Balaban J connectivity index is 2.39. The monoisotopic (exact) mass is 214 g/mol. The maximum Gasteiger partial charge on any atom is 0.129 e. The molecular formula is C11H12F2O2. The molecule has 0 amide bonds. The molecule has 2 nitrogen and oxygen atoms in total. The molecule has 1 aliphatic rings. The van der Waals surface area contributed by atoms with Gasteiger partial charge in [0.15, 0.2) is 0 Å². The van der Waals surface area contributed by atoms with Gasteiger partial charge in [-0.25, -0.2) is 8.78 Å². The molecule has 0 radical (unpaired) electrons. The third-order valence-corrected chi connectivity index (χ3v) is 2.66. The molecule has 1 saturated carbocycles. The molecule has 2 rings (SSSR count). The Hall–Kier alpha value is -1.00. The van der Waals surface area contributed by atoms with Crippen molar-refractivity contribution in [2.45, 2.75) is 25.0 Å². The second-order valence-corrected chi connectivity index (χ2v) is 3.89. The molecule has 4 heteroatoms. The fourth-order valence-corrected chi connectivity index (χ4v) is 1.60. The lowest BCUT2D eigenvalue weighted by molar-refractivity contribution is 0.145. The van der Waals surface area contributed by atoms with Gasteiger partial charge in [0.25, 0.3) is 0 Å². The second-order valence-electron chi connectivity index (χ2n) is 3.89. The Morgan fingerprint density at radius 3 is 2.53 bits per heavy atom. The lowest BCUT2D eigenvalue weighted by Gasteiger charge is -2.11. The summed E-state index contributed by atoms with van der Waals surface area (Å²) < 4.78 is 31.7. The van der Waals surface area contributed by atoms with Crippen molar-refractivity contribution in [2.75, 3.05) is 7.11 Å². The minimum Gasteiger partial charge on any atom is -0.385 e. The zero-order chi connectivity index (χ0) is 11.1. The molecule has 0 unspecified atom stereocenters. The summed E-state index contributed by atoms with van der Waals surface area (Å²) in [6, 6.07) is 2.15. The Labute approximate surface area is 86.5 Å². The van der Waals surface area contributed by atoms with E-state index in [1.807, 2.05) is 0 Å². The van der Waals surface area contributed by atoms with Gasteiger partial charge in [0.1, 0.15) is 11.6 Å². The van der Waals surface area contributed by atoms with Crippen LogP contribution in [0.15, 0.2) is 12.1 Å². The number of halogens is 2. The minimum atomic E-state index is -1.14. The second kappa shape index (κ2) is 3.54. The average molecular weight is 214 g/mol. The van der Waals surface area contributed by atoms with E-state index in [0.29, 0.717) is 12.8 Å². The van der Waals surface area contributed by atoms with Gasteiger partial charge < -0.3 is 9.84 Å². The number of benzene rings is 1. The first-order valence-corrected chi connectivity index (χ1v) is 4.76. The van der Waals surface area contributed by atoms with Crippen LogP contribution in [0.4, 0.5) is 8.78 Å². The van der Waals surface area contributed by atoms with Crippen LogP contribution in [0.1, 0.15) is 24.0 Å². The molecule has 0 aromatic heterocycles. The molecule has 0 bridgehead atoms. The van der Waals surface area contributed by atoms with Crippen LogP contribution in [0.3, 0.4) is 0 Å². The van der Waals surface area contributed by atoms with Crippen LogP contribution < -0.4 is 0 Å². The Bertz CT molecular complexity index is 386. The fourth-order valence-electron chi connectivity index (χ4n) is 1.60. The molecule has 1 N–H and O–H groups in total. The molecule has 1 aromatic rings. The van der Waals surface area contributed by atoms with E-state index in [9.17, 15) is 13.9 Å². The molecule has 0 heterocycles. The highest BCUT2D eigenvalue weighted by atomic mass is 19.1. The van der Waals surface area contributed by atoms with Gasteiger partial charge in [0.2, 0.25) is 0 Å². The van der Waals surface area contributed by atoms with Crippen LogP contribution in [-0.2, 0) is 16.9 Å². The molecule has 1 aromatic carbocycles. The maximum atomic E-state index is 13.5. The van der Waals surface area contributed by atoms with E-state index >= 15 is 0 Å². The predicted octanol–water partition coefficient (Wildman–Crippen LogP) is 2.09. The smallest absolute Gasteiger partial charge is 0.129 e. The number of hydrogen-bond acceptors (Lipinski definition) is 2. The summed E-state index contributed by atoms with van der Waals surface area (Å²) in [6.07, 6.45) is 0.986. The van der Waals surface area contributed by atoms with Crippen molar-refractivity contribution in [3.63, 3.8) is 0 Å². The summed E-state index contributed by atoms with van der Waals surface area (Å²) in [6.45, 7) is 0.0292. The normalized spacial score (nSPS) is 17.9. The van der Waals surface area contributed by atoms with E-state index in [1.165, 1.54) is 7.11 Å². The first-order chi connectivity index (χ1) is 7.07. The topological polar surface area (TPSA) is 29.5 Å². The number of rotatable bonds is 3. The molecule has 0 spiro atoms. The third kappa shape index (κ3) is 1.87. The van der Waals surface area contributed by atoms with Crippen molar-refractivity contribution < 1.29 is 18.6 Å². The van der Waals surface area contributed by atoms with E-state index in [1.54, 1.807) is 0 Å². The highest BCUT2D eigenvalue weighted by molar-refractivity contribution is 5.33. The van der Waals surface area contributed by atoms with Crippen LogP contribution >= 0.6 is 0 Å². The summed E-state index contributed by atoms with van der Waals surface area (Å²) in [5, 5.41) is 9.69. The molecule has 0 aliphatic heterocycles. The third-order valence-electron chi connectivity index (χ3n) is 2.66. The van der Waals surface area contributed by atoms with Crippen molar-refractivity contribution >= 4 is 0 Å². The minimum absolute atomic E-state index is 0.0292. The van der Waals surface area contributed by atoms with E-state index in [-0.39, 0.29) is 17.7 Å². The number of aliphatic hydroxyl groups is 1. The molecule has 1 aliphatic carbocycles. The quantitative estimate of drug-likeness (QED) is 0.834. The van der Waals surface area contributed by atoms with E-state index < -0.39 is 17.2 Å². The van der Waals surface area contributed by atoms with Crippen molar-refractivity contribution in [3.05, 3.63) is 34.9 Å².